The first-order valence-electron chi connectivity index (χ1n) is 5.60. The summed E-state index contributed by atoms with van der Waals surface area (Å²) in [5, 5.41) is 0. The lowest BCUT2D eigenvalue weighted by atomic mass is 10.2. The van der Waals surface area contributed by atoms with Crippen LogP contribution >= 0.6 is 0 Å². The van der Waals surface area contributed by atoms with Crippen molar-refractivity contribution in [2.45, 2.75) is 24.9 Å². The maximum Gasteiger partial charge on any atom is 0.402 e. The summed E-state index contributed by atoms with van der Waals surface area (Å²) in [5.74, 6) is -0.214. The van der Waals surface area contributed by atoms with E-state index in [1.807, 2.05) is 0 Å². The average Bonchev–Trinajstić information content (AvgIpc) is 2.27. The Morgan fingerprint density at radius 3 is 2.42 bits per heavy atom. The number of alkyl halides is 3. The minimum absolute atomic E-state index is 0.198. The van der Waals surface area contributed by atoms with Crippen LogP contribution in [-0.2, 0) is 10.0 Å². The fourth-order valence-electron chi connectivity index (χ4n) is 1.50. The molecule has 0 saturated carbocycles. The second-order valence-corrected chi connectivity index (χ2v) is 6.43. The molecule has 108 valence electrons. The maximum absolute atomic E-state index is 12.5. The van der Waals surface area contributed by atoms with Crippen molar-refractivity contribution in [3.05, 3.63) is 24.5 Å². The molecule has 0 aliphatic heterocycles. The Morgan fingerprint density at radius 2 is 2.00 bits per heavy atom. The van der Waals surface area contributed by atoms with Gasteiger partial charge in [-0.1, -0.05) is 13.8 Å². The van der Waals surface area contributed by atoms with E-state index in [2.05, 4.69) is 4.98 Å². The van der Waals surface area contributed by atoms with Crippen molar-refractivity contribution in [3.63, 3.8) is 0 Å². The normalized spacial score (nSPS) is 13.2. The summed E-state index contributed by atoms with van der Waals surface area (Å²) in [4.78, 5) is 3.39. The highest BCUT2D eigenvalue weighted by atomic mass is 32.2. The number of hydrogen-bond acceptors (Lipinski definition) is 3. The molecule has 0 aliphatic carbocycles. The van der Waals surface area contributed by atoms with E-state index in [4.69, 9.17) is 0 Å². The largest absolute Gasteiger partial charge is 0.402 e. The van der Waals surface area contributed by atoms with Crippen molar-refractivity contribution in [1.29, 1.82) is 0 Å². The van der Waals surface area contributed by atoms with E-state index in [0.717, 1.165) is 6.20 Å². The van der Waals surface area contributed by atoms with Gasteiger partial charge in [0.05, 0.1) is 0 Å². The van der Waals surface area contributed by atoms with E-state index in [0.29, 0.717) is 4.31 Å². The van der Waals surface area contributed by atoms with Crippen LogP contribution in [-0.4, -0.2) is 37.0 Å². The molecule has 0 amide bonds. The van der Waals surface area contributed by atoms with Gasteiger partial charge in [0.1, 0.15) is 11.4 Å². The van der Waals surface area contributed by atoms with Crippen LogP contribution in [0.1, 0.15) is 13.8 Å². The average molecular weight is 296 g/mol. The van der Waals surface area contributed by atoms with Gasteiger partial charge in [0, 0.05) is 18.9 Å². The Hall–Kier alpha value is -1.15. The van der Waals surface area contributed by atoms with Gasteiger partial charge in [-0.2, -0.15) is 17.5 Å². The number of pyridine rings is 1. The molecule has 4 nitrogen and oxygen atoms in total. The topological polar surface area (TPSA) is 50.3 Å². The molecule has 1 aromatic rings. The van der Waals surface area contributed by atoms with Crippen LogP contribution in [0.15, 0.2) is 29.4 Å². The first-order valence-corrected chi connectivity index (χ1v) is 7.04. The molecule has 0 unspecified atom stereocenters. The third-order valence-corrected chi connectivity index (χ3v) is 3.99. The molecule has 1 aromatic heterocycles. The van der Waals surface area contributed by atoms with Gasteiger partial charge in [-0.05, 0) is 18.1 Å². The molecule has 0 spiro atoms. The lowest BCUT2D eigenvalue weighted by Crippen LogP contribution is -2.41. The van der Waals surface area contributed by atoms with Gasteiger partial charge < -0.3 is 0 Å². The van der Waals surface area contributed by atoms with Crippen LogP contribution in [0, 0.1) is 5.92 Å². The van der Waals surface area contributed by atoms with E-state index < -0.39 is 22.7 Å². The lowest BCUT2D eigenvalue weighted by molar-refractivity contribution is -0.136. The molecule has 0 saturated heterocycles. The fraction of sp³-hybridized carbons (Fsp3) is 0.545. The summed E-state index contributed by atoms with van der Waals surface area (Å²) in [5.41, 5.74) is 0. The van der Waals surface area contributed by atoms with Crippen molar-refractivity contribution in [3.8, 4) is 0 Å². The summed E-state index contributed by atoms with van der Waals surface area (Å²) in [6, 6.07) is 2.60. The van der Waals surface area contributed by atoms with Gasteiger partial charge >= 0.3 is 6.18 Å². The van der Waals surface area contributed by atoms with Gasteiger partial charge in [0.25, 0.3) is 0 Å². The zero-order chi connectivity index (χ0) is 14.7. The quantitative estimate of drug-likeness (QED) is 0.837. The highest BCUT2D eigenvalue weighted by molar-refractivity contribution is 7.89. The van der Waals surface area contributed by atoms with Crippen LogP contribution < -0.4 is 0 Å². The number of sulfonamides is 1. The van der Waals surface area contributed by atoms with Crippen LogP contribution in [0.25, 0.3) is 0 Å². The van der Waals surface area contributed by atoms with E-state index >= 15 is 0 Å². The SMILES string of the molecule is CC(C)CN(CC(F)(F)F)S(=O)(=O)c1cccnc1. The van der Waals surface area contributed by atoms with Gasteiger partial charge in [-0.3, -0.25) is 4.98 Å². The molecule has 1 heterocycles. The number of halogens is 3. The van der Waals surface area contributed by atoms with E-state index in [9.17, 15) is 21.6 Å². The van der Waals surface area contributed by atoms with E-state index in [1.165, 1.54) is 18.3 Å². The summed E-state index contributed by atoms with van der Waals surface area (Å²) < 4.78 is 62.1. The van der Waals surface area contributed by atoms with Gasteiger partial charge in [0.15, 0.2) is 0 Å². The Bertz CT molecular complexity index is 500. The number of hydrogen-bond donors (Lipinski definition) is 0. The highest BCUT2D eigenvalue weighted by Crippen LogP contribution is 2.23. The van der Waals surface area contributed by atoms with Crippen molar-refractivity contribution in [2.75, 3.05) is 13.1 Å². The van der Waals surface area contributed by atoms with E-state index in [-0.39, 0.29) is 17.4 Å². The van der Waals surface area contributed by atoms with Crippen molar-refractivity contribution >= 4 is 10.0 Å². The Kier molecular flexibility index (Phi) is 4.92. The first-order chi connectivity index (χ1) is 8.63. The second-order valence-electron chi connectivity index (χ2n) is 4.50. The molecule has 0 atom stereocenters. The predicted molar refractivity (Wildman–Crippen MR) is 63.9 cm³/mol. The molecular weight excluding hydrogens is 281 g/mol. The second kappa shape index (κ2) is 5.87. The van der Waals surface area contributed by atoms with Gasteiger partial charge in [-0.25, -0.2) is 8.42 Å². The molecule has 1 rings (SSSR count). The molecule has 0 bridgehead atoms. The molecule has 0 aliphatic rings. The van der Waals surface area contributed by atoms with Gasteiger partial charge in [0.2, 0.25) is 10.0 Å². The molecule has 19 heavy (non-hydrogen) atoms. The molecule has 0 aromatic carbocycles. The van der Waals surface area contributed by atoms with Crippen LogP contribution in [0.5, 0.6) is 0 Å². The molecular formula is C11H15F3N2O2S. The number of nitrogens with zero attached hydrogens (tertiary/aromatic N) is 2. The van der Waals surface area contributed by atoms with Gasteiger partial charge in [-0.15, -0.1) is 0 Å². The van der Waals surface area contributed by atoms with Crippen molar-refractivity contribution in [1.82, 2.24) is 9.29 Å². The Balaban J connectivity index is 3.09. The molecule has 0 N–H and O–H groups in total. The van der Waals surface area contributed by atoms with Crippen LogP contribution in [0.4, 0.5) is 13.2 Å². The minimum Gasteiger partial charge on any atom is -0.263 e. The predicted octanol–water partition coefficient (Wildman–Crippen LogP) is 2.29. The summed E-state index contributed by atoms with van der Waals surface area (Å²) >= 11 is 0. The van der Waals surface area contributed by atoms with Crippen molar-refractivity contribution < 1.29 is 21.6 Å². The number of aromatic nitrogens is 1. The lowest BCUT2D eigenvalue weighted by Gasteiger charge is -2.24. The Morgan fingerprint density at radius 1 is 1.37 bits per heavy atom. The summed E-state index contributed by atoms with van der Waals surface area (Å²) in [6.07, 6.45) is -2.18. The molecule has 0 fully saturated rings. The zero-order valence-electron chi connectivity index (χ0n) is 10.6. The minimum atomic E-state index is -4.58. The smallest absolute Gasteiger partial charge is 0.263 e. The maximum atomic E-state index is 12.5. The monoisotopic (exact) mass is 296 g/mol. The molecule has 0 radical (unpaired) electrons. The van der Waals surface area contributed by atoms with Crippen LogP contribution in [0.3, 0.4) is 0 Å². The zero-order valence-corrected chi connectivity index (χ0v) is 11.4. The summed E-state index contributed by atoms with van der Waals surface area (Å²) in [7, 11) is -4.18. The first kappa shape index (κ1) is 15.9. The standard InChI is InChI=1S/C11H15F3N2O2S/c1-9(2)7-16(8-11(12,13)14)19(17,18)10-4-3-5-15-6-10/h3-6,9H,7-8H2,1-2H3. The third kappa shape index (κ3) is 4.79. The Labute approximate surface area is 110 Å². The fourth-order valence-corrected chi connectivity index (χ4v) is 3.06. The van der Waals surface area contributed by atoms with Crippen LogP contribution in [0.2, 0.25) is 0 Å². The third-order valence-electron chi connectivity index (χ3n) is 2.20. The highest BCUT2D eigenvalue weighted by Gasteiger charge is 2.37. The van der Waals surface area contributed by atoms with E-state index in [1.54, 1.807) is 13.8 Å². The molecule has 8 heteroatoms. The summed E-state index contributed by atoms with van der Waals surface area (Å²) in [6.45, 7) is 1.61. The van der Waals surface area contributed by atoms with Crippen molar-refractivity contribution in [2.24, 2.45) is 5.92 Å². The number of rotatable bonds is 5.